The third kappa shape index (κ3) is 4.63. The average Bonchev–Trinajstić information content (AvgIpc) is 2.64. The molecule has 0 aliphatic carbocycles. The van der Waals surface area contributed by atoms with Gasteiger partial charge >= 0.3 is 0 Å². The molecule has 1 aromatic rings. The van der Waals surface area contributed by atoms with Crippen LogP contribution in [0.15, 0.2) is 15.9 Å². The SMILES string of the molecule is CNCCCC(=O)N(C)Cc1cc(Br)cs1. The zero-order valence-electron chi connectivity index (χ0n) is 9.62. The van der Waals surface area contributed by atoms with E-state index < -0.39 is 0 Å². The van der Waals surface area contributed by atoms with Gasteiger partial charge in [-0.25, -0.2) is 0 Å². The van der Waals surface area contributed by atoms with E-state index in [1.54, 1.807) is 16.2 Å². The number of hydrogen-bond acceptors (Lipinski definition) is 3. The number of thiophene rings is 1. The van der Waals surface area contributed by atoms with Gasteiger partial charge in [0.05, 0.1) is 6.54 Å². The molecule has 0 spiro atoms. The van der Waals surface area contributed by atoms with Crippen LogP contribution in [0.1, 0.15) is 17.7 Å². The summed E-state index contributed by atoms with van der Waals surface area (Å²) in [4.78, 5) is 14.7. The van der Waals surface area contributed by atoms with Gasteiger partial charge in [0, 0.05) is 28.2 Å². The van der Waals surface area contributed by atoms with Gasteiger partial charge in [0.2, 0.25) is 5.91 Å². The van der Waals surface area contributed by atoms with Crippen LogP contribution in [-0.2, 0) is 11.3 Å². The summed E-state index contributed by atoms with van der Waals surface area (Å²) < 4.78 is 1.09. The molecule has 0 aliphatic heterocycles. The first-order valence-corrected chi connectivity index (χ1v) is 6.92. The van der Waals surface area contributed by atoms with Crippen molar-refractivity contribution in [1.82, 2.24) is 10.2 Å². The molecular formula is C11H17BrN2OS. The molecule has 0 radical (unpaired) electrons. The van der Waals surface area contributed by atoms with Crippen molar-refractivity contribution < 1.29 is 4.79 Å². The Bertz CT molecular complexity index is 340. The molecule has 0 saturated heterocycles. The number of carbonyl (C=O) groups is 1. The molecule has 3 nitrogen and oxygen atoms in total. The molecule has 0 saturated carbocycles. The van der Waals surface area contributed by atoms with Crippen LogP contribution in [0.5, 0.6) is 0 Å². The Morgan fingerprint density at radius 2 is 2.38 bits per heavy atom. The summed E-state index contributed by atoms with van der Waals surface area (Å²) in [6.07, 6.45) is 1.51. The van der Waals surface area contributed by atoms with Gasteiger partial charge in [-0.1, -0.05) is 0 Å². The first kappa shape index (κ1) is 13.7. The minimum atomic E-state index is 0.208. The van der Waals surface area contributed by atoms with Crippen molar-refractivity contribution in [1.29, 1.82) is 0 Å². The zero-order chi connectivity index (χ0) is 12.0. The van der Waals surface area contributed by atoms with Gasteiger partial charge in [-0.3, -0.25) is 4.79 Å². The number of rotatable bonds is 6. The van der Waals surface area contributed by atoms with Crippen LogP contribution in [0.3, 0.4) is 0 Å². The van der Waals surface area contributed by atoms with Crippen LogP contribution < -0.4 is 5.32 Å². The zero-order valence-corrected chi connectivity index (χ0v) is 12.0. The normalized spacial score (nSPS) is 10.4. The van der Waals surface area contributed by atoms with E-state index >= 15 is 0 Å². The predicted octanol–water partition coefficient (Wildman–Crippen LogP) is 2.47. The van der Waals surface area contributed by atoms with E-state index in [0.29, 0.717) is 13.0 Å². The first-order valence-electron chi connectivity index (χ1n) is 5.25. The molecule has 0 fully saturated rings. The number of amides is 1. The third-order valence-electron chi connectivity index (χ3n) is 2.26. The Morgan fingerprint density at radius 3 is 2.94 bits per heavy atom. The number of nitrogens with one attached hydrogen (secondary N) is 1. The molecule has 0 aliphatic rings. The maximum absolute atomic E-state index is 11.7. The smallest absolute Gasteiger partial charge is 0.222 e. The second-order valence-corrected chi connectivity index (χ2v) is 5.60. The van der Waals surface area contributed by atoms with Crippen LogP contribution in [0, 0.1) is 0 Å². The van der Waals surface area contributed by atoms with E-state index in [0.717, 1.165) is 17.4 Å². The van der Waals surface area contributed by atoms with Crippen molar-refractivity contribution in [2.45, 2.75) is 19.4 Å². The lowest BCUT2D eigenvalue weighted by Crippen LogP contribution is -2.26. The van der Waals surface area contributed by atoms with Crippen molar-refractivity contribution >= 4 is 33.2 Å². The summed E-state index contributed by atoms with van der Waals surface area (Å²) in [5.41, 5.74) is 0. The molecule has 16 heavy (non-hydrogen) atoms. The quantitative estimate of drug-likeness (QED) is 0.819. The predicted molar refractivity (Wildman–Crippen MR) is 71.7 cm³/mol. The molecular weight excluding hydrogens is 288 g/mol. The Kier molecular flexibility index (Phi) is 6.01. The van der Waals surface area contributed by atoms with E-state index in [9.17, 15) is 4.79 Å². The fourth-order valence-corrected chi connectivity index (χ4v) is 2.87. The molecule has 90 valence electrons. The van der Waals surface area contributed by atoms with Crippen molar-refractivity contribution in [3.63, 3.8) is 0 Å². The number of hydrogen-bond donors (Lipinski definition) is 1. The summed E-state index contributed by atoms with van der Waals surface area (Å²) in [5, 5.41) is 5.08. The summed E-state index contributed by atoms with van der Waals surface area (Å²) in [6.45, 7) is 1.60. The summed E-state index contributed by atoms with van der Waals surface area (Å²) in [7, 11) is 3.76. The van der Waals surface area contributed by atoms with Gasteiger partial charge in [-0.15, -0.1) is 11.3 Å². The number of nitrogens with zero attached hydrogens (tertiary/aromatic N) is 1. The van der Waals surface area contributed by atoms with Crippen LogP contribution in [0.2, 0.25) is 0 Å². The standard InChI is InChI=1S/C11H17BrN2OS/c1-13-5-3-4-11(15)14(2)7-10-6-9(12)8-16-10/h6,8,13H,3-5,7H2,1-2H3. The number of carbonyl (C=O) groups excluding carboxylic acids is 1. The van der Waals surface area contributed by atoms with Crippen molar-refractivity contribution in [2.24, 2.45) is 0 Å². The molecule has 0 aromatic carbocycles. The van der Waals surface area contributed by atoms with Crippen molar-refractivity contribution in [2.75, 3.05) is 20.6 Å². The Labute approximate surface area is 109 Å². The lowest BCUT2D eigenvalue weighted by Gasteiger charge is -2.15. The lowest BCUT2D eigenvalue weighted by atomic mass is 10.2. The minimum Gasteiger partial charge on any atom is -0.341 e. The van der Waals surface area contributed by atoms with Crippen LogP contribution >= 0.6 is 27.3 Å². The monoisotopic (exact) mass is 304 g/mol. The highest BCUT2D eigenvalue weighted by Crippen LogP contribution is 2.20. The van der Waals surface area contributed by atoms with E-state index in [1.807, 2.05) is 19.5 Å². The van der Waals surface area contributed by atoms with Gasteiger partial charge < -0.3 is 10.2 Å². The van der Waals surface area contributed by atoms with Crippen molar-refractivity contribution in [3.8, 4) is 0 Å². The van der Waals surface area contributed by atoms with E-state index in [-0.39, 0.29) is 5.91 Å². The summed E-state index contributed by atoms with van der Waals surface area (Å²) >= 11 is 5.08. The molecule has 5 heteroatoms. The highest BCUT2D eigenvalue weighted by molar-refractivity contribution is 9.10. The van der Waals surface area contributed by atoms with Crippen LogP contribution in [0.25, 0.3) is 0 Å². The fourth-order valence-electron chi connectivity index (χ4n) is 1.37. The van der Waals surface area contributed by atoms with Gasteiger partial charge in [0.1, 0.15) is 0 Å². The van der Waals surface area contributed by atoms with Gasteiger partial charge in [0.15, 0.2) is 0 Å². The molecule has 0 unspecified atom stereocenters. The molecule has 1 rings (SSSR count). The van der Waals surface area contributed by atoms with E-state index in [1.165, 1.54) is 4.88 Å². The lowest BCUT2D eigenvalue weighted by molar-refractivity contribution is -0.130. The summed E-state index contributed by atoms with van der Waals surface area (Å²) in [6, 6.07) is 2.06. The maximum Gasteiger partial charge on any atom is 0.222 e. The number of halogens is 1. The Hall–Kier alpha value is -0.390. The molecule has 1 amide bonds. The van der Waals surface area contributed by atoms with E-state index in [4.69, 9.17) is 0 Å². The molecule has 0 bridgehead atoms. The Morgan fingerprint density at radius 1 is 1.62 bits per heavy atom. The second-order valence-electron chi connectivity index (χ2n) is 3.69. The van der Waals surface area contributed by atoms with Crippen LogP contribution in [0.4, 0.5) is 0 Å². The largest absolute Gasteiger partial charge is 0.341 e. The van der Waals surface area contributed by atoms with Gasteiger partial charge in [0.25, 0.3) is 0 Å². The second kappa shape index (κ2) is 7.04. The maximum atomic E-state index is 11.7. The fraction of sp³-hybridized carbons (Fsp3) is 0.545. The molecule has 1 N–H and O–H groups in total. The third-order valence-corrected chi connectivity index (χ3v) is 3.94. The minimum absolute atomic E-state index is 0.208. The Balaban J connectivity index is 2.34. The molecule has 1 aromatic heterocycles. The van der Waals surface area contributed by atoms with E-state index in [2.05, 4.69) is 27.3 Å². The molecule has 0 atom stereocenters. The van der Waals surface area contributed by atoms with Gasteiger partial charge in [-0.2, -0.15) is 0 Å². The molecule has 1 heterocycles. The topological polar surface area (TPSA) is 32.3 Å². The highest BCUT2D eigenvalue weighted by Gasteiger charge is 2.09. The highest BCUT2D eigenvalue weighted by atomic mass is 79.9. The summed E-state index contributed by atoms with van der Waals surface area (Å²) in [5.74, 6) is 0.208. The van der Waals surface area contributed by atoms with Gasteiger partial charge in [-0.05, 0) is 42.0 Å². The van der Waals surface area contributed by atoms with Crippen LogP contribution in [-0.4, -0.2) is 31.4 Å². The van der Waals surface area contributed by atoms with Crippen molar-refractivity contribution in [3.05, 3.63) is 20.8 Å². The first-order chi connectivity index (χ1) is 7.63. The average molecular weight is 305 g/mol.